The summed E-state index contributed by atoms with van der Waals surface area (Å²) in [5.74, 6) is 3.20. The Morgan fingerprint density at radius 3 is 2.79 bits per heavy atom. The van der Waals surface area contributed by atoms with Crippen LogP contribution in [0, 0.1) is 5.92 Å². The molecule has 0 spiro atoms. The number of benzene rings is 1. The summed E-state index contributed by atoms with van der Waals surface area (Å²) in [5, 5.41) is 0. The number of hydrogen-bond acceptors (Lipinski definition) is 6. The number of hydrogen-bond donors (Lipinski definition) is 0. The van der Waals surface area contributed by atoms with Gasteiger partial charge in [0.15, 0.2) is 0 Å². The number of methoxy groups -OCH3 is 1. The first-order valence-corrected chi connectivity index (χ1v) is 10.8. The van der Waals surface area contributed by atoms with E-state index in [4.69, 9.17) is 9.47 Å². The zero-order valence-corrected chi connectivity index (χ0v) is 17.6. The van der Waals surface area contributed by atoms with Gasteiger partial charge >= 0.3 is 0 Å². The first-order chi connectivity index (χ1) is 14.2. The summed E-state index contributed by atoms with van der Waals surface area (Å²) in [6, 6.07) is 8.40. The van der Waals surface area contributed by atoms with Crippen LogP contribution in [0.2, 0.25) is 0 Å². The van der Waals surface area contributed by atoms with Gasteiger partial charge in [0.2, 0.25) is 11.8 Å². The zero-order chi connectivity index (χ0) is 20.1. The Hall–Kier alpha value is -2.34. The van der Waals surface area contributed by atoms with Gasteiger partial charge in [-0.25, -0.2) is 4.98 Å². The summed E-state index contributed by atoms with van der Waals surface area (Å²) >= 11 is 0. The molecule has 3 heterocycles. The monoisotopic (exact) mass is 396 g/mol. The predicted molar refractivity (Wildman–Crippen MR) is 115 cm³/mol. The first-order valence-electron chi connectivity index (χ1n) is 10.8. The van der Waals surface area contributed by atoms with Crippen molar-refractivity contribution in [3.05, 3.63) is 41.6 Å². The zero-order valence-electron chi connectivity index (χ0n) is 17.6. The predicted octanol–water partition coefficient (Wildman–Crippen LogP) is 3.55. The average Bonchev–Trinajstić information content (AvgIpc) is 2.77. The second-order valence-electron chi connectivity index (χ2n) is 8.24. The molecule has 2 aliphatic heterocycles. The van der Waals surface area contributed by atoms with Crippen molar-refractivity contribution in [3.8, 4) is 11.6 Å². The molecule has 156 valence electrons. The molecule has 0 unspecified atom stereocenters. The SMILES string of the molecule is COc1ccnc(N2CCC(CCCOc3ccc4c(c3)CCN(C)C4)CC2)n1. The van der Waals surface area contributed by atoms with Crippen molar-refractivity contribution in [3.63, 3.8) is 0 Å². The van der Waals surface area contributed by atoms with Crippen molar-refractivity contribution in [1.82, 2.24) is 14.9 Å². The lowest BCUT2D eigenvalue weighted by Gasteiger charge is -2.32. The first kappa shape index (κ1) is 20.0. The molecule has 6 heteroatoms. The molecule has 29 heavy (non-hydrogen) atoms. The highest BCUT2D eigenvalue weighted by molar-refractivity contribution is 5.37. The van der Waals surface area contributed by atoms with Gasteiger partial charge in [0.05, 0.1) is 13.7 Å². The van der Waals surface area contributed by atoms with Crippen LogP contribution in [0.1, 0.15) is 36.8 Å². The minimum Gasteiger partial charge on any atom is -0.494 e. The fraction of sp³-hybridized carbons (Fsp3) is 0.565. The van der Waals surface area contributed by atoms with Gasteiger partial charge in [0.25, 0.3) is 0 Å². The number of aromatic nitrogens is 2. The molecule has 0 amide bonds. The van der Waals surface area contributed by atoms with Crippen molar-refractivity contribution in [1.29, 1.82) is 0 Å². The molecule has 1 saturated heterocycles. The van der Waals surface area contributed by atoms with E-state index in [-0.39, 0.29) is 0 Å². The lowest BCUT2D eigenvalue weighted by molar-refractivity contribution is 0.277. The van der Waals surface area contributed by atoms with E-state index in [1.54, 1.807) is 19.4 Å². The van der Waals surface area contributed by atoms with E-state index in [1.807, 2.05) is 0 Å². The Kier molecular flexibility index (Phi) is 6.49. The van der Waals surface area contributed by atoms with Crippen LogP contribution in [0.15, 0.2) is 30.5 Å². The molecule has 0 saturated carbocycles. The van der Waals surface area contributed by atoms with Crippen LogP contribution in [0.3, 0.4) is 0 Å². The van der Waals surface area contributed by atoms with Crippen molar-refractivity contribution in [2.45, 2.75) is 38.6 Å². The van der Waals surface area contributed by atoms with Crippen LogP contribution in [0.25, 0.3) is 0 Å². The Bertz CT molecular complexity index is 805. The van der Waals surface area contributed by atoms with Gasteiger partial charge in [-0.15, -0.1) is 0 Å². The molecule has 1 aromatic carbocycles. The molecule has 0 bridgehead atoms. The van der Waals surface area contributed by atoms with Crippen molar-refractivity contribution < 1.29 is 9.47 Å². The normalized spacial score (nSPS) is 17.8. The summed E-state index contributed by atoms with van der Waals surface area (Å²) in [4.78, 5) is 13.5. The molecule has 1 aromatic heterocycles. The Morgan fingerprint density at radius 2 is 1.97 bits per heavy atom. The molecule has 1 fully saturated rings. The van der Waals surface area contributed by atoms with E-state index >= 15 is 0 Å². The van der Waals surface area contributed by atoms with Crippen LogP contribution in [0.5, 0.6) is 11.6 Å². The highest BCUT2D eigenvalue weighted by Crippen LogP contribution is 2.26. The molecule has 0 radical (unpaired) electrons. The number of piperidine rings is 1. The minimum absolute atomic E-state index is 0.628. The lowest BCUT2D eigenvalue weighted by atomic mass is 9.92. The average molecular weight is 397 g/mol. The number of fused-ring (bicyclic) bond motifs is 1. The highest BCUT2D eigenvalue weighted by Gasteiger charge is 2.21. The molecule has 2 aromatic rings. The van der Waals surface area contributed by atoms with Gasteiger partial charge in [-0.05, 0) is 68.3 Å². The molecule has 6 nitrogen and oxygen atoms in total. The number of rotatable bonds is 7. The smallest absolute Gasteiger partial charge is 0.228 e. The van der Waals surface area contributed by atoms with Gasteiger partial charge in [-0.3, -0.25) is 0 Å². The molecule has 4 rings (SSSR count). The standard InChI is InChI=1S/C23H32N4O2/c1-26-12-10-19-16-21(6-5-20(19)17-26)29-15-3-4-18-8-13-27(14-9-18)23-24-11-7-22(25-23)28-2/h5-7,11,16,18H,3-4,8-10,12-15,17H2,1-2H3. The fourth-order valence-electron chi connectivity index (χ4n) is 4.34. The molecule has 0 aliphatic carbocycles. The van der Waals surface area contributed by atoms with Crippen molar-refractivity contribution in [2.75, 3.05) is 45.3 Å². The molecular weight excluding hydrogens is 364 g/mol. The van der Waals surface area contributed by atoms with Gasteiger partial charge in [-0.1, -0.05) is 6.07 Å². The van der Waals surface area contributed by atoms with E-state index in [0.717, 1.165) is 63.2 Å². The third-order valence-electron chi connectivity index (χ3n) is 6.13. The largest absolute Gasteiger partial charge is 0.494 e. The van der Waals surface area contributed by atoms with E-state index in [0.29, 0.717) is 5.88 Å². The van der Waals surface area contributed by atoms with E-state index in [2.05, 4.69) is 45.0 Å². The fourth-order valence-corrected chi connectivity index (χ4v) is 4.34. The summed E-state index contributed by atoms with van der Waals surface area (Å²) in [7, 11) is 3.82. The second-order valence-corrected chi connectivity index (χ2v) is 8.24. The van der Waals surface area contributed by atoms with Crippen LogP contribution in [-0.2, 0) is 13.0 Å². The van der Waals surface area contributed by atoms with Gasteiger partial charge < -0.3 is 19.3 Å². The summed E-state index contributed by atoms with van der Waals surface area (Å²) in [5.41, 5.74) is 2.89. The third kappa shape index (κ3) is 5.18. The molecule has 0 atom stereocenters. The third-order valence-corrected chi connectivity index (χ3v) is 6.13. The van der Waals surface area contributed by atoms with E-state index in [1.165, 1.54) is 30.4 Å². The maximum absolute atomic E-state index is 6.05. The topological polar surface area (TPSA) is 50.7 Å². The minimum atomic E-state index is 0.628. The summed E-state index contributed by atoms with van der Waals surface area (Å²) in [6.45, 7) is 5.01. The Morgan fingerprint density at radius 1 is 1.10 bits per heavy atom. The maximum Gasteiger partial charge on any atom is 0.228 e. The molecule has 0 N–H and O–H groups in total. The van der Waals surface area contributed by atoms with Crippen LogP contribution in [-0.4, -0.2) is 55.3 Å². The van der Waals surface area contributed by atoms with Gasteiger partial charge in [0, 0.05) is 38.4 Å². The van der Waals surface area contributed by atoms with Crippen LogP contribution in [0.4, 0.5) is 5.95 Å². The van der Waals surface area contributed by atoms with Crippen LogP contribution >= 0.6 is 0 Å². The summed E-state index contributed by atoms with van der Waals surface area (Å²) < 4.78 is 11.3. The van der Waals surface area contributed by atoms with Crippen molar-refractivity contribution >= 4 is 5.95 Å². The van der Waals surface area contributed by atoms with E-state index in [9.17, 15) is 0 Å². The second kappa shape index (κ2) is 9.44. The number of anilines is 1. The van der Waals surface area contributed by atoms with Crippen LogP contribution < -0.4 is 14.4 Å². The lowest BCUT2D eigenvalue weighted by Crippen LogP contribution is -2.35. The maximum atomic E-state index is 6.05. The number of likely N-dealkylation sites (N-methyl/N-ethyl adjacent to an activating group) is 1. The molecule has 2 aliphatic rings. The van der Waals surface area contributed by atoms with E-state index < -0.39 is 0 Å². The quantitative estimate of drug-likeness (QED) is 0.667. The number of nitrogens with zero attached hydrogens (tertiary/aromatic N) is 4. The number of ether oxygens (including phenoxy) is 2. The Labute approximate surface area is 173 Å². The highest BCUT2D eigenvalue weighted by atomic mass is 16.5. The summed E-state index contributed by atoms with van der Waals surface area (Å²) in [6.07, 6.45) is 7.60. The Balaban J connectivity index is 1.18. The van der Waals surface area contributed by atoms with Crippen molar-refractivity contribution in [2.24, 2.45) is 5.92 Å². The van der Waals surface area contributed by atoms with Gasteiger partial charge in [-0.2, -0.15) is 4.98 Å². The van der Waals surface area contributed by atoms with Gasteiger partial charge in [0.1, 0.15) is 5.75 Å². The molecular formula is C23H32N4O2.